The second-order valence-electron chi connectivity index (χ2n) is 10.7. The third-order valence-corrected chi connectivity index (χ3v) is 9.39. The van der Waals surface area contributed by atoms with E-state index in [0.29, 0.717) is 5.78 Å². The standard InChI is InChI=1S/C33H22O/c1-15-25-16(2)27-20-10-6-4-8-18(20)22-12-14-24-31(29(22)27)32(25)30-23(33(24)34)13-11-21-17-7-3-5-9-19(17)26(15)28(21)30/h3-14,21-24H,1-2H3. The van der Waals surface area contributed by atoms with Gasteiger partial charge in [0.2, 0.25) is 0 Å². The third kappa shape index (κ3) is 1.67. The van der Waals surface area contributed by atoms with E-state index in [2.05, 4.69) is 86.7 Å². The van der Waals surface area contributed by atoms with Gasteiger partial charge in [-0.3, -0.25) is 4.79 Å². The van der Waals surface area contributed by atoms with Crippen LogP contribution in [0.2, 0.25) is 0 Å². The highest BCUT2D eigenvalue weighted by Crippen LogP contribution is 2.63. The number of carbonyl (C=O) groups excluding carboxylic acids is 1. The first kappa shape index (κ1) is 17.7. The first-order chi connectivity index (χ1) is 16.7. The molecule has 0 aromatic heterocycles. The van der Waals surface area contributed by atoms with Gasteiger partial charge in [-0.05, 0) is 91.4 Å². The molecule has 0 N–H and O–H groups in total. The Balaban J connectivity index is 1.57. The van der Waals surface area contributed by atoms with E-state index in [4.69, 9.17) is 0 Å². The summed E-state index contributed by atoms with van der Waals surface area (Å²) in [6, 6.07) is 17.7. The molecule has 1 nitrogen and oxygen atoms in total. The molecule has 4 atom stereocenters. The van der Waals surface area contributed by atoms with Gasteiger partial charge >= 0.3 is 0 Å². The van der Waals surface area contributed by atoms with Gasteiger partial charge in [-0.25, -0.2) is 0 Å². The van der Waals surface area contributed by atoms with Crippen molar-refractivity contribution in [2.75, 3.05) is 0 Å². The zero-order chi connectivity index (χ0) is 22.5. The van der Waals surface area contributed by atoms with Gasteiger partial charge < -0.3 is 0 Å². The summed E-state index contributed by atoms with van der Waals surface area (Å²) in [6.07, 6.45) is 9.05. The maximum Gasteiger partial charge on any atom is 0.155 e. The monoisotopic (exact) mass is 434 g/mol. The van der Waals surface area contributed by atoms with Crippen LogP contribution in [0.5, 0.6) is 0 Å². The molecule has 0 amide bonds. The molecule has 160 valence electrons. The van der Waals surface area contributed by atoms with Crippen LogP contribution in [0.1, 0.15) is 68.2 Å². The predicted octanol–water partition coefficient (Wildman–Crippen LogP) is 7.57. The minimum atomic E-state index is -0.137. The van der Waals surface area contributed by atoms with Crippen LogP contribution < -0.4 is 0 Å². The third-order valence-electron chi connectivity index (χ3n) is 9.39. The number of hydrogen-bond acceptors (Lipinski definition) is 1. The number of aryl methyl sites for hydroxylation is 2. The molecule has 5 aliphatic carbocycles. The van der Waals surface area contributed by atoms with E-state index in [1.165, 1.54) is 77.5 Å². The summed E-state index contributed by atoms with van der Waals surface area (Å²) in [7, 11) is 0. The Morgan fingerprint density at radius 2 is 0.971 bits per heavy atom. The maximum atomic E-state index is 14.1. The Labute approximate surface area is 198 Å². The average Bonchev–Trinajstić information content (AvgIpc) is 3.39. The van der Waals surface area contributed by atoms with Crippen molar-refractivity contribution in [3.63, 3.8) is 0 Å². The van der Waals surface area contributed by atoms with Gasteiger partial charge in [-0.2, -0.15) is 0 Å². The number of ketones is 1. The summed E-state index contributed by atoms with van der Waals surface area (Å²) in [5.41, 5.74) is 16.5. The first-order valence-electron chi connectivity index (χ1n) is 12.4. The highest BCUT2D eigenvalue weighted by atomic mass is 16.1. The molecular formula is C33H22O. The molecule has 0 bridgehead atoms. The lowest BCUT2D eigenvalue weighted by atomic mass is 9.63. The lowest BCUT2D eigenvalue weighted by molar-refractivity contribution is -0.120. The van der Waals surface area contributed by atoms with E-state index in [1.54, 1.807) is 0 Å². The molecule has 4 aromatic rings. The van der Waals surface area contributed by atoms with Gasteiger partial charge in [0.05, 0.1) is 11.8 Å². The van der Waals surface area contributed by atoms with Crippen LogP contribution in [0.3, 0.4) is 0 Å². The molecule has 0 saturated heterocycles. The smallest absolute Gasteiger partial charge is 0.155 e. The van der Waals surface area contributed by atoms with E-state index >= 15 is 0 Å². The molecule has 0 fully saturated rings. The van der Waals surface area contributed by atoms with Crippen molar-refractivity contribution in [2.24, 2.45) is 0 Å². The summed E-state index contributed by atoms with van der Waals surface area (Å²) in [6.45, 7) is 4.65. The van der Waals surface area contributed by atoms with Crippen LogP contribution in [0.25, 0.3) is 33.0 Å². The molecule has 4 aromatic carbocycles. The average molecular weight is 435 g/mol. The Bertz CT molecular complexity index is 1640. The minimum absolute atomic E-state index is 0.137. The van der Waals surface area contributed by atoms with Crippen molar-refractivity contribution >= 4 is 16.6 Å². The van der Waals surface area contributed by atoms with Crippen molar-refractivity contribution in [1.82, 2.24) is 0 Å². The van der Waals surface area contributed by atoms with E-state index in [-0.39, 0.29) is 23.7 Å². The van der Waals surface area contributed by atoms with E-state index in [0.717, 1.165) is 0 Å². The second kappa shape index (κ2) is 5.50. The molecule has 9 rings (SSSR count). The first-order valence-corrected chi connectivity index (χ1v) is 12.4. The molecule has 34 heavy (non-hydrogen) atoms. The fraction of sp³-hybridized carbons (Fsp3) is 0.182. The molecule has 0 aliphatic heterocycles. The van der Waals surface area contributed by atoms with Gasteiger partial charge in [0.25, 0.3) is 0 Å². The highest BCUT2D eigenvalue weighted by Gasteiger charge is 2.48. The fourth-order valence-electron chi connectivity index (χ4n) is 8.26. The van der Waals surface area contributed by atoms with Gasteiger partial charge in [0.15, 0.2) is 5.78 Å². The summed E-state index contributed by atoms with van der Waals surface area (Å²) < 4.78 is 0. The summed E-state index contributed by atoms with van der Waals surface area (Å²) >= 11 is 0. The number of Topliss-reactive ketones (excluding diaryl/α,β-unsaturated/α-hetero) is 1. The molecule has 0 spiro atoms. The fourth-order valence-corrected chi connectivity index (χ4v) is 8.26. The number of allylic oxidation sites excluding steroid dienone is 4. The number of rotatable bonds is 0. The van der Waals surface area contributed by atoms with Crippen LogP contribution in [0, 0.1) is 13.8 Å². The number of hydrogen-bond donors (Lipinski definition) is 0. The summed E-state index contributed by atoms with van der Waals surface area (Å²) in [4.78, 5) is 14.1. The van der Waals surface area contributed by atoms with Crippen LogP contribution in [-0.2, 0) is 4.79 Å². The Kier molecular flexibility index (Phi) is 2.87. The molecule has 1 heteroatoms. The Morgan fingerprint density at radius 3 is 1.47 bits per heavy atom. The van der Waals surface area contributed by atoms with Crippen molar-refractivity contribution < 1.29 is 4.79 Å². The maximum absolute atomic E-state index is 14.1. The lowest BCUT2D eigenvalue weighted by Crippen LogP contribution is -2.30. The van der Waals surface area contributed by atoms with E-state index in [1.807, 2.05) is 0 Å². The molecule has 0 radical (unpaired) electrons. The second-order valence-corrected chi connectivity index (χ2v) is 10.7. The lowest BCUT2D eigenvalue weighted by Gasteiger charge is -2.38. The number of carbonyl (C=O) groups is 1. The van der Waals surface area contributed by atoms with Crippen molar-refractivity contribution in [2.45, 2.75) is 37.5 Å². The minimum Gasteiger partial charge on any atom is -0.298 e. The van der Waals surface area contributed by atoms with Crippen LogP contribution in [0.4, 0.5) is 0 Å². The van der Waals surface area contributed by atoms with Crippen molar-refractivity contribution in [3.8, 4) is 22.3 Å². The Morgan fingerprint density at radius 1 is 0.529 bits per heavy atom. The quantitative estimate of drug-likeness (QED) is 0.261. The molecule has 0 saturated carbocycles. The largest absolute Gasteiger partial charge is 0.298 e. The number of fused-ring (bicyclic) bond motifs is 6. The van der Waals surface area contributed by atoms with Gasteiger partial charge in [0, 0.05) is 11.8 Å². The zero-order valence-corrected chi connectivity index (χ0v) is 19.1. The Hall–Kier alpha value is -3.71. The molecule has 4 unspecified atom stereocenters. The van der Waals surface area contributed by atoms with Crippen LogP contribution in [-0.4, -0.2) is 5.78 Å². The van der Waals surface area contributed by atoms with Crippen molar-refractivity contribution in [3.05, 3.63) is 117 Å². The van der Waals surface area contributed by atoms with Gasteiger partial charge in [-0.1, -0.05) is 72.8 Å². The topological polar surface area (TPSA) is 17.1 Å². The normalized spacial score (nSPS) is 25.2. The molecular weight excluding hydrogens is 412 g/mol. The number of benzene rings is 4. The van der Waals surface area contributed by atoms with E-state index < -0.39 is 0 Å². The van der Waals surface area contributed by atoms with Crippen LogP contribution >= 0.6 is 0 Å². The predicted molar refractivity (Wildman–Crippen MR) is 137 cm³/mol. The molecule has 5 aliphatic rings. The summed E-state index contributed by atoms with van der Waals surface area (Å²) in [5.74, 6) is 0.600. The van der Waals surface area contributed by atoms with Gasteiger partial charge in [-0.15, -0.1) is 0 Å². The highest BCUT2D eigenvalue weighted by molar-refractivity contribution is 6.16. The summed E-state index contributed by atoms with van der Waals surface area (Å²) in [5, 5.41) is 2.79. The van der Waals surface area contributed by atoms with Crippen LogP contribution in [0.15, 0.2) is 72.8 Å². The molecule has 0 heterocycles. The SMILES string of the molecule is Cc1c2c3c4c5c6c7c(c(C)c15)-c1ccccc1C7C=CC6C(=O)C4C=CC3c1ccccc1-2. The van der Waals surface area contributed by atoms with E-state index in [9.17, 15) is 4.79 Å². The zero-order valence-electron chi connectivity index (χ0n) is 19.1. The van der Waals surface area contributed by atoms with Crippen molar-refractivity contribution in [1.29, 1.82) is 0 Å². The van der Waals surface area contributed by atoms with Gasteiger partial charge in [0.1, 0.15) is 0 Å².